The molecular formula is C13H16N2O2. The zero-order chi connectivity index (χ0) is 12.4. The molecule has 1 heterocycles. The number of hydrogen-bond acceptors (Lipinski definition) is 2. The quantitative estimate of drug-likeness (QED) is 0.824. The normalized spacial score (nSPS) is 13.5. The highest BCUT2D eigenvalue weighted by Gasteiger charge is 2.17. The lowest BCUT2D eigenvalue weighted by Gasteiger charge is -2.08. The van der Waals surface area contributed by atoms with Crippen LogP contribution in [0.2, 0.25) is 0 Å². The second-order valence-electron chi connectivity index (χ2n) is 4.62. The molecule has 1 aliphatic heterocycles. The molecule has 4 heteroatoms. The monoisotopic (exact) mass is 232 g/mol. The number of amides is 2. The van der Waals surface area contributed by atoms with Gasteiger partial charge in [-0.25, -0.2) is 0 Å². The average molecular weight is 232 g/mol. The number of benzene rings is 1. The Labute approximate surface area is 100 Å². The molecule has 2 rings (SSSR count). The molecule has 0 saturated carbocycles. The fourth-order valence-electron chi connectivity index (χ4n) is 1.95. The van der Waals surface area contributed by atoms with Gasteiger partial charge in [-0.2, -0.15) is 0 Å². The smallest absolute Gasteiger partial charge is 0.228 e. The van der Waals surface area contributed by atoms with E-state index >= 15 is 0 Å². The summed E-state index contributed by atoms with van der Waals surface area (Å²) in [6.45, 7) is 3.87. The number of nitrogens with one attached hydrogen (secondary N) is 2. The van der Waals surface area contributed by atoms with E-state index in [1.165, 1.54) is 0 Å². The van der Waals surface area contributed by atoms with Gasteiger partial charge in [0.2, 0.25) is 11.8 Å². The number of fused-ring (bicyclic) bond motifs is 1. The van der Waals surface area contributed by atoms with Crippen molar-refractivity contribution in [3.63, 3.8) is 0 Å². The number of anilines is 1. The van der Waals surface area contributed by atoms with Crippen LogP contribution in [0.3, 0.4) is 0 Å². The maximum absolute atomic E-state index is 11.6. The molecule has 0 bridgehead atoms. The van der Waals surface area contributed by atoms with Crippen molar-refractivity contribution in [2.75, 3.05) is 5.32 Å². The van der Waals surface area contributed by atoms with Crippen LogP contribution in [0.1, 0.15) is 25.0 Å². The van der Waals surface area contributed by atoms with Crippen LogP contribution < -0.4 is 10.6 Å². The summed E-state index contributed by atoms with van der Waals surface area (Å²) in [5.74, 6) is 0.0287. The summed E-state index contributed by atoms with van der Waals surface area (Å²) < 4.78 is 0. The van der Waals surface area contributed by atoms with Crippen LogP contribution in [0.4, 0.5) is 5.69 Å². The molecular weight excluding hydrogens is 216 g/mol. The van der Waals surface area contributed by atoms with Crippen LogP contribution in [-0.4, -0.2) is 17.9 Å². The fourth-order valence-corrected chi connectivity index (χ4v) is 1.95. The van der Waals surface area contributed by atoms with E-state index < -0.39 is 0 Å². The second kappa shape index (κ2) is 4.57. The lowest BCUT2D eigenvalue weighted by Crippen LogP contribution is -2.31. The Hall–Kier alpha value is -1.84. The van der Waals surface area contributed by atoms with Crippen LogP contribution in [0.25, 0.3) is 0 Å². The van der Waals surface area contributed by atoms with Crippen molar-refractivity contribution in [3.05, 3.63) is 29.3 Å². The third kappa shape index (κ3) is 2.84. The van der Waals surface area contributed by atoms with Gasteiger partial charge in [0.15, 0.2) is 0 Å². The molecule has 1 aromatic carbocycles. The van der Waals surface area contributed by atoms with Gasteiger partial charge in [-0.1, -0.05) is 12.1 Å². The first-order chi connectivity index (χ1) is 8.04. The maximum atomic E-state index is 11.6. The molecule has 0 atom stereocenters. The Balaban J connectivity index is 2.06. The highest BCUT2D eigenvalue weighted by molar-refractivity contribution is 5.99. The lowest BCUT2D eigenvalue weighted by atomic mass is 10.1. The predicted octanol–water partition coefficient (Wildman–Crippen LogP) is 1.25. The number of carbonyl (C=O) groups excluding carboxylic acids is 2. The largest absolute Gasteiger partial charge is 0.354 e. The topological polar surface area (TPSA) is 58.2 Å². The van der Waals surface area contributed by atoms with Crippen molar-refractivity contribution in [2.45, 2.75) is 32.7 Å². The van der Waals surface area contributed by atoms with E-state index in [1.807, 2.05) is 32.0 Å². The molecule has 0 spiro atoms. The van der Waals surface area contributed by atoms with Crippen molar-refractivity contribution in [3.8, 4) is 0 Å². The van der Waals surface area contributed by atoms with Crippen molar-refractivity contribution in [1.82, 2.24) is 5.32 Å². The molecule has 0 aromatic heterocycles. The molecule has 0 radical (unpaired) electrons. The molecule has 2 amide bonds. The van der Waals surface area contributed by atoms with Gasteiger partial charge in [0, 0.05) is 11.7 Å². The summed E-state index contributed by atoms with van der Waals surface area (Å²) in [6, 6.07) is 5.82. The van der Waals surface area contributed by atoms with E-state index in [9.17, 15) is 9.59 Å². The summed E-state index contributed by atoms with van der Waals surface area (Å²) in [5.41, 5.74) is 2.78. The Bertz CT molecular complexity index is 466. The van der Waals surface area contributed by atoms with Crippen LogP contribution in [0.15, 0.2) is 18.2 Å². The molecule has 0 aliphatic carbocycles. The highest BCUT2D eigenvalue weighted by Crippen LogP contribution is 2.23. The minimum atomic E-state index is 0.0113. The maximum Gasteiger partial charge on any atom is 0.228 e. The zero-order valence-corrected chi connectivity index (χ0v) is 10.0. The Morgan fingerprint density at radius 3 is 2.94 bits per heavy atom. The van der Waals surface area contributed by atoms with E-state index in [0.29, 0.717) is 12.8 Å². The predicted molar refractivity (Wildman–Crippen MR) is 65.8 cm³/mol. The zero-order valence-electron chi connectivity index (χ0n) is 10.0. The standard InChI is InChI=1S/C13H16N2O2/c1-8(2)14-12(16)6-9-3-4-11-10(5-9)7-13(17)15-11/h3-5,8H,6-7H2,1-2H3,(H,14,16)(H,15,17). The van der Waals surface area contributed by atoms with Gasteiger partial charge < -0.3 is 10.6 Å². The van der Waals surface area contributed by atoms with E-state index in [4.69, 9.17) is 0 Å². The van der Waals surface area contributed by atoms with E-state index in [1.54, 1.807) is 0 Å². The fraction of sp³-hybridized carbons (Fsp3) is 0.385. The lowest BCUT2D eigenvalue weighted by molar-refractivity contribution is -0.121. The van der Waals surface area contributed by atoms with Crippen LogP contribution >= 0.6 is 0 Å². The first-order valence-electron chi connectivity index (χ1n) is 5.75. The number of hydrogen-bond donors (Lipinski definition) is 2. The van der Waals surface area contributed by atoms with Gasteiger partial charge in [-0.15, -0.1) is 0 Å². The minimum Gasteiger partial charge on any atom is -0.354 e. The van der Waals surface area contributed by atoms with Gasteiger partial charge in [0.1, 0.15) is 0 Å². The molecule has 1 aliphatic rings. The first kappa shape index (κ1) is 11.6. The number of carbonyl (C=O) groups is 2. The van der Waals surface area contributed by atoms with Crippen LogP contribution in [-0.2, 0) is 22.4 Å². The second-order valence-corrected chi connectivity index (χ2v) is 4.62. The summed E-state index contributed by atoms with van der Waals surface area (Å²) in [6.07, 6.45) is 0.772. The Morgan fingerprint density at radius 1 is 1.47 bits per heavy atom. The third-order valence-corrected chi connectivity index (χ3v) is 2.61. The van der Waals surface area contributed by atoms with Crippen molar-refractivity contribution in [1.29, 1.82) is 0 Å². The van der Waals surface area contributed by atoms with E-state index in [-0.39, 0.29) is 17.9 Å². The molecule has 17 heavy (non-hydrogen) atoms. The molecule has 4 nitrogen and oxygen atoms in total. The first-order valence-corrected chi connectivity index (χ1v) is 5.75. The SMILES string of the molecule is CC(C)NC(=O)Cc1ccc2c(c1)CC(=O)N2. The van der Waals surface area contributed by atoms with Gasteiger partial charge in [-0.05, 0) is 31.0 Å². The Kier molecular flexibility index (Phi) is 3.13. The van der Waals surface area contributed by atoms with Crippen molar-refractivity contribution in [2.24, 2.45) is 0 Å². The van der Waals surface area contributed by atoms with Gasteiger partial charge in [0.05, 0.1) is 12.8 Å². The minimum absolute atomic E-state index is 0.0113. The third-order valence-electron chi connectivity index (χ3n) is 2.61. The summed E-state index contributed by atoms with van der Waals surface area (Å²) in [5, 5.41) is 5.62. The molecule has 1 aromatic rings. The molecule has 0 fully saturated rings. The molecule has 0 saturated heterocycles. The van der Waals surface area contributed by atoms with Gasteiger partial charge in [-0.3, -0.25) is 9.59 Å². The van der Waals surface area contributed by atoms with Gasteiger partial charge >= 0.3 is 0 Å². The summed E-state index contributed by atoms with van der Waals surface area (Å²) in [4.78, 5) is 22.8. The van der Waals surface area contributed by atoms with Crippen LogP contribution in [0, 0.1) is 0 Å². The highest BCUT2D eigenvalue weighted by atomic mass is 16.2. The van der Waals surface area contributed by atoms with Gasteiger partial charge in [0.25, 0.3) is 0 Å². The molecule has 2 N–H and O–H groups in total. The van der Waals surface area contributed by atoms with E-state index in [0.717, 1.165) is 16.8 Å². The summed E-state index contributed by atoms with van der Waals surface area (Å²) in [7, 11) is 0. The average Bonchev–Trinajstić information content (AvgIpc) is 2.55. The molecule has 90 valence electrons. The van der Waals surface area contributed by atoms with Crippen LogP contribution in [0.5, 0.6) is 0 Å². The molecule has 0 unspecified atom stereocenters. The van der Waals surface area contributed by atoms with E-state index in [2.05, 4.69) is 10.6 Å². The van der Waals surface area contributed by atoms with Crippen molar-refractivity contribution < 1.29 is 9.59 Å². The Morgan fingerprint density at radius 2 is 2.24 bits per heavy atom. The summed E-state index contributed by atoms with van der Waals surface area (Å²) >= 11 is 0. The van der Waals surface area contributed by atoms with Crippen molar-refractivity contribution >= 4 is 17.5 Å². The number of rotatable bonds is 3.